The summed E-state index contributed by atoms with van der Waals surface area (Å²) < 4.78 is 38.5. The number of alkyl halides is 3. The van der Waals surface area contributed by atoms with E-state index in [-0.39, 0.29) is 16.5 Å². The van der Waals surface area contributed by atoms with Gasteiger partial charge in [0.05, 0.1) is 16.1 Å². The third kappa shape index (κ3) is 3.77. The molecule has 1 heterocycles. The summed E-state index contributed by atoms with van der Waals surface area (Å²) in [5, 5.41) is 2.41. The fourth-order valence-electron chi connectivity index (χ4n) is 2.63. The summed E-state index contributed by atoms with van der Waals surface area (Å²) in [5.41, 5.74) is -1.18. The molecule has 0 radical (unpaired) electrons. The standard InChI is InChI=1S/C15H16ClF3N2O2/c1-20-13(22)12-4-2-3-7-21(12)14(23)10-8-9(15(17,18)19)5-6-11(10)16/h5-6,8,12H,2-4,7H2,1H3,(H,20,22)/t12-/m1/s1. The van der Waals surface area contributed by atoms with Crippen LogP contribution in [0, 0.1) is 0 Å². The Morgan fingerprint density at radius 2 is 2.00 bits per heavy atom. The Hall–Kier alpha value is -1.76. The molecular weight excluding hydrogens is 333 g/mol. The molecule has 4 nitrogen and oxygen atoms in total. The number of amides is 2. The van der Waals surface area contributed by atoms with E-state index < -0.39 is 23.7 Å². The van der Waals surface area contributed by atoms with Crippen molar-refractivity contribution < 1.29 is 22.8 Å². The molecule has 0 spiro atoms. The van der Waals surface area contributed by atoms with Crippen molar-refractivity contribution >= 4 is 23.4 Å². The maximum atomic E-state index is 12.8. The summed E-state index contributed by atoms with van der Waals surface area (Å²) in [5.74, 6) is -0.990. The highest BCUT2D eigenvalue weighted by Gasteiger charge is 2.35. The van der Waals surface area contributed by atoms with Crippen molar-refractivity contribution in [3.63, 3.8) is 0 Å². The average Bonchev–Trinajstić information content (AvgIpc) is 2.52. The molecule has 1 saturated heterocycles. The fraction of sp³-hybridized carbons (Fsp3) is 0.467. The summed E-state index contributed by atoms with van der Waals surface area (Å²) >= 11 is 5.91. The SMILES string of the molecule is CNC(=O)[C@H]1CCCCN1C(=O)c1cc(C(F)(F)F)ccc1Cl. The number of carbonyl (C=O) groups is 2. The van der Waals surface area contributed by atoms with E-state index in [0.29, 0.717) is 19.4 Å². The average molecular weight is 349 g/mol. The monoisotopic (exact) mass is 348 g/mol. The number of nitrogens with one attached hydrogen (secondary N) is 1. The van der Waals surface area contributed by atoms with Crippen molar-refractivity contribution in [1.29, 1.82) is 0 Å². The second kappa shape index (κ2) is 6.78. The molecule has 126 valence electrons. The molecule has 23 heavy (non-hydrogen) atoms. The van der Waals surface area contributed by atoms with Crippen LogP contribution < -0.4 is 5.32 Å². The Morgan fingerprint density at radius 1 is 1.30 bits per heavy atom. The number of likely N-dealkylation sites (N-methyl/N-ethyl adjacent to an activating group) is 1. The number of carbonyl (C=O) groups excluding carboxylic acids is 2. The Labute approximate surface area is 136 Å². The highest BCUT2D eigenvalue weighted by molar-refractivity contribution is 6.33. The van der Waals surface area contributed by atoms with Crippen LogP contribution in [-0.2, 0) is 11.0 Å². The van der Waals surface area contributed by atoms with Crippen molar-refractivity contribution in [3.8, 4) is 0 Å². The van der Waals surface area contributed by atoms with Gasteiger partial charge in [-0.05, 0) is 37.5 Å². The molecule has 1 N–H and O–H groups in total. The predicted octanol–water partition coefficient (Wildman–Crippen LogP) is 3.10. The number of rotatable bonds is 2. The zero-order valence-corrected chi connectivity index (χ0v) is 13.2. The van der Waals surface area contributed by atoms with Gasteiger partial charge in [0.1, 0.15) is 6.04 Å². The molecule has 2 amide bonds. The molecule has 1 aliphatic rings. The normalized spacial score (nSPS) is 18.7. The Bertz CT molecular complexity index is 619. The summed E-state index contributed by atoms with van der Waals surface area (Å²) in [6.45, 7) is 0.309. The molecular formula is C15H16ClF3N2O2. The van der Waals surface area contributed by atoms with Crippen LogP contribution in [0.3, 0.4) is 0 Å². The van der Waals surface area contributed by atoms with E-state index in [1.165, 1.54) is 11.9 Å². The third-order valence-electron chi connectivity index (χ3n) is 3.84. The summed E-state index contributed by atoms with van der Waals surface area (Å²) in [6, 6.07) is 1.93. The van der Waals surface area contributed by atoms with Gasteiger partial charge in [-0.15, -0.1) is 0 Å². The molecule has 1 aromatic carbocycles. The van der Waals surface area contributed by atoms with Gasteiger partial charge >= 0.3 is 6.18 Å². The van der Waals surface area contributed by atoms with Crippen LogP contribution in [0.2, 0.25) is 5.02 Å². The first-order chi connectivity index (χ1) is 10.8. The summed E-state index contributed by atoms with van der Waals surface area (Å²) in [7, 11) is 1.46. The molecule has 1 aliphatic heterocycles. The Balaban J connectivity index is 2.36. The van der Waals surface area contributed by atoms with E-state index >= 15 is 0 Å². The Morgan fingerprint density at radius 3 is 2.61 bits per heavy atom. The van der Waals surface area contributed by atoms with Gasteiger partial charge in [-0.2, -0.15) is 13.2 Å². The van der Waals surface area contributed by atoms with Crippen LogP contribution in [0.1, 0.15) is 35.2 Å². The summed E-state index contributed by atoms with van der Waals surface area (Å²) in [6.07, 6.45) is -2.63. The smallest absolute Gasteiger partial charge is 0.357 e. The molecule has 0 aromatic heterocycles. The van der Waals surface area contributed by atoms with E-state index in [2.05, 4.69) is 5.32 Å². The van der Waals surface area contributed by atoms with Crippen molar-refractivity contribution in [2.24, 2.45) is 0 Å². The van der Waals surface area contributed by atoms with Gasteiger partial charge < -0.3 is 10.2 Å². The first-order valence-electron chi connectivity index (χ1n) is 7.15. The topological polar surface area (TPSA) is 49.4 Å². The molecule has 0 bridgehead atoms. The number of hydrogen-bond donors (Lipinski definition) is 1. The maximum absolute atomic E-state index is 12.8. The number of hydrogen-bond acceptors (Lipinski definition) is 2. The van der Waals surface area contributed by atoms with Crippen molar-refractivity contribution in [1.82, 2.24) is 10.2 Å². The van der Waals surface area contributed by atoms with Gasteiger partial charge in [0.15, 0.2) is 0 Å². The minimum absolute atomic E-state index is 0.0655. The van der Waals surface area contributed by atoms with Gasteiger partial charge in [0, 0.05) is 13.6 Å². The van der Waals surface area contributed by atoms with Gasteiger partial charge in [-0.25, -0.2) is 0 Å². The van der Waals surface area contributed by atoms with Gasteiger partial charge in [0.2, 0.25) is 5.91 Å². The number of nitrogens with zero attached hydrogens (tertiary/aromatic N) is 1. The first kappa shape index (κ1) is 17.6. The lowest BCUT2D eigenvalue weighted by Gasteiger charge is -2.34. The van der Waals surface area contributed by atoms with Crippen LogP contribution in [0.4, 0.5) is 13.2 Å². The minimum atomic E-state index is -4.57. The lowest BCUT2D eigenvalue weighted by molar-refractivity contribution is -0.137. The van der Waals surface area contributed by atoms with E-state index in [1.54, 1.807) is 0 Å². The van der Waals surface area contributed by atoms with Crippen LogP contribution >= 0.6 is 11.6 Å². The molecule has 0 aliphatic carbocycles. The quantitative estimate of drug-likeness (QED) is 0.892. The molecule has 8 heteroatoms. The van der Waals surface area contributed by atoms with E-state index in [1.807, 2.05) is 0 Å². The van der Waals surface area contributed by atoms with E-state index in [4.69, 9.17) is 11.6 Å². The molecule has 1 fully saturated rings. The highest BCUT2D eigenvalue weighted by atomic mass is 35.5. The molecule has 2 rings (SSSR count). The number of benzene rings is 1. The second-order valence-corrected chi connectivity index (χ2v) is 5.72. The lowest BCUT2D eigenvalue weighted by atomic mass is 9.99. The van der Waals surface area contributed by atoms with Crippen LogP contribution in [0.5, 0.6) is 0 Å². The first-order valence-corrected chi connectivity index (χ1v) is 7.53. The number of piperidine rings is 1. The van der Waals surface area contributed by atoms with Crippen LogP contribution in [0.15, 0.2) is 18.2 Å². The predicted molar refractivity (Wildman–Crippen MR) is 79.2 cm³/mol. The van der Waals surface area contributed by atoms with Crippen molar-refractivity contribution in [2.45, 2.75) is 31.5 Å². The highest BCUT2D eigenvalue weighted by Crippen LogP contribution is 2.33. The second-order valence-electron chi connectivity index (χ2n) is 5.32. The van der Waals surface area contributed by atoms with E-state index in [9.17, 15) is 22.8 Å². The van der Waals surface area contributed by atoms with Gasteiger partial charge in [0.25, 0.3) is 5.91 Å². The maximum Gasteiger partial charge on any atom is 0.416 e. The number of halogens is 4. The van der Waals surface area contributed by atoms with Crippen molar-refractivity contribution in [2.75, 3.05) is 13.6 Å². The lowest BCUT2D eigenvalue weighted by Crippen LogP contribution is -2.51. The minimum Gasteiger partial charge on any atom is -0.357 e. The van der Waals surface area contributed by atoms with E-state index in [0.717, 1.165) is 24.6 Å². The number of likely N-dealkylation sites (tertiary alicyclic amines) is 1. The molecule has 1 aromatic rings. The Kier molecular flexibility index (Phi) is 5.19. The largest absolute Gasteiger partial charge is 0.416 e. The third-order valence-corrected chi connectivity index (χ3v) is 4.17. The van der Waals surface area contributed by atoms with Crippen LogP contribution in [0.25, 0.3) is 0 Å². The molecule has 0 saturated carbocycles. The molecule has 1 atom stereocenters. The van der Waals surface area contributed by atoms with Crippen LogP contribution in [-0.4, -0.2) is 36.3 Å². The molecule has 0 unspecified atom stereocenters. The zero-order valence-electron chi connectivity index (χ0n) is 12.4. The van der Waals surface area contributed by atoms with Gasteiger partial charge in [-0.1, -0.05) is 11.6 Å². The summed E-state index contributed by atoms with van der Waals surface area (Å²) in [4.78, 5) is 25.8. The fourth-order valence-corrected chi connectivity index (χ4v) is 2.83. The van der Waals surface area contributed by atoms with Gasteiger partial charge in [-0.3, -0.25) is 9.59 Å². The van der Waals surface area contributed by atoms with Crippen molar-refractivity contribution in [3.05, 3.63) is 34.3 Å². The zero-order chi connectivity index (χ0) is 17.2.